The average Bonchev–Trinajstić information content (AvgIpc) is 2.14. The van der Waals surface area contributed by atoms with Crippen LogP contribution in [-0.4, -0.2) is 13.6 Å². The van der Waals surface area contributed by atoms with Gasteiger partial charge in [-0.3, -0.25) is 0 Å². The Morgan fingerprint density at radius 1 is 1.31 bits per heavy atom. The molecule has 0 N–H and O–H groups in total. The van der Waals surface area contributed by atoms with Crippen LogP contribution >= 0.6 is 11.6 Å². The SMILES string of the molecule is CN(CC(C)(C)C)c1cccc(F)c1CCl. The Morgan fingerprint density at radius 2 is 1.94 bits per heavy atom. The highest BCUT2D eigenvalue weighted by Gasteiger charge is 2.17. The summed E-state index contributed by atoms with van der Waals surface area (Å²) in [7, 11) is 1.97. The van der Waals surface area contributed by atoms with E-state index >= 15 is 0 Å². The topological polar surface area (TPSA) is 3.24 Å². The Morgan fingerprint density at radius 3 is 2.44 bits per heavy atom. The minimum atomic E-state index is -0.228. The predicted octanol–water partition coefficient (Wildman–Crippen LogP) is 4.05. The molecule has 1 aromatic carbocycles. The third kappa shape index (κ3) is 3.38. The van der Waals surface area contributed by atoms with Crippen LogP contribution in [0.3, 0.4) is 0 Å². The van der Waals surface area contributed by atoms with E-state index in [2.05, 4.69) is 25.7 Å². The smallest absolute Gasteiger partial charge is 0.129 e. The van der Waals surface area contributed by atoms with Crippen molar-refractivity contribution >= 4 is 17.3 Å². The molecule has 16 heavy (non-hydrogen) atoms. The second-order valence-electron chi connectivity index (χ2n) is 5.29. The van der Waals surface area contributed by atoms with Gasteiger partial charge in [-0.1, -0.05) is 26.8 Å². The molecule has 1 aromatic rings. The van der Waals surface area contributed by atoms with E-state index in [0.29, 0.717) is 5.56 Å². The summed E-state index contributed by atoms with van der Waals surface area (Å²) >= 11 is 5.79. The first-order valence-electron chi connectivity index (χ1n) is 5.39. The quantitative estimate of drug-likeness (QED) is 0.724. The van der Waals surface area contributed by atoms with Gasteiger partial charge in [-0.15, -0.1) is 11.6 Å². The average molecular weight is 244 g/mol. The number of hydrogen-bond acceptors (Lipinski definition) is 1. The van der Waals surface area contributed by atoms with Crippen molar-refractivity contribution in [2.24, 2.45) is 5.41 Å². The van der Waals surface area contributed by atoms with Gasteiger partial charge < -0.3 is 4.90 Å². The highest BCUT2D eigenvalue weighted by Crippen LogP contribution is 2.26. The van der Waals surface area contributed by atoms with Crippen molar-refractivity contribution < 1.29 is 4.39 Å². The molecule has 0 amide bonds. The molecule has 0 heterocycles. The number of alkyl halides is 1. The summed E-state index contributed by atoms with van der Waals surface area (Å²) in [4.78, 5) is 2.06. The summed E-state index contributed by atoms with van der Waals surface area (Å²) in [5, 5.41) is 0. The van der Waals surface area contributed by atoms with E-state index in [1.54, 1.807) is 6.07 Å². The maximum atomic E-state index is 13.5. The standard InChI is InChI=1S/C13H19ClFN/c1-13(2,3)9-16(4)12-7-5-6-11(15)10(12)8-14/h5-7H,8-9H2,1-4H3. The Bertz CT molecular complexity index is 357. The fourth-order valence-corrected chi connectivity index (χ4v) is 2.10. The maximum Gasteiger partial charge on any atom is 0.129 e. The Balaban J connectivity index is 2.99. The van der Waals surface area contributed by atoms with Crippen LogP contribution in [0.15, 0.2) is 18.2 Å². The molecule has 1 rings (SSSR count). The fourth-order valence-electron chi connectivity index (χ4n) is 1.83. The molecule has 0 fully saturated rings. The Kier molecular flexibility index (Phi) is 4.20. The van der Waals surface area contributed by atoms with Gasteiger partial charge in [0.15, 0.2) is 0 Å². The predicted molar refractivity (Wildman–Crippen MR) is 68.7 cm³/mol. The van der Waals surface area contributed by atoms with Crippen LogP contribution in [0.4, 0.5) is 10.1 Å². The number of halogens is 2. The van der Waals surface area contributed by atoms with Gasteiger partial charge in [0, 0.05) is 24.8 Å². The van der Waals surface area contributed by atoms with Gasteiger partial charge in [0.05, 0.1) is 5.88 Å². The van der Waals surface area contributed by atoms with Crippen LogP contribution in [0.2, 0.25) is 0 Å². The lowest BCUT2D eigenvalue weighted by atomic mass is 9.96. The largest absolute Gasteiger partial charge is 0.374 e. The molecule has 0 aliphatic rings. The van der Waals surface area contributed by atoms with E-state index in [1.165, 1.54) is 6.07 Å². The van der Waals surface area contributed by atoms with Gasteiger partial charge in [0.1, 0.15) is 5.82 Å². The van der Waals surface area contributed by atoms with Crippen molar-refractivity contribution in [2.45, 2.75) is 26.7 Å². The molecular formula is C13H19ClFN. The molecule has 0 spiro atoms. The van der Waals surface area contributed by atoms with E-state index in [1.807, 2.05) is 13.1 Å². The lowest BCUT2D eigenvalue weighted by Gasteiger charge is -2.29. The summed E-state index contributed by atoms with van der Waals surface area (Å²) in [5.74, 6) is -0.0236. The highest BCUT2D eigenvalue weighted by atomic mass is 35.5. The van der Waals surface area contributed by atoms with Crippen LogP contribution in [0.5, 0.6) is 0 Å². The van der Waals surface area contributed by atoms with Crippen LogP contribution in [0, 0.1) is 11.2 Å². The lowest BCUT2D eigenvalue weighted by Crippen LogP contribution is -2.29. The van der Waals surface area contributed by atoms with Crippen LogP contribution in [0.25, 0.3) is 0 Å². The first-order valence-corrected chi connectivity index (χ1v) is 5.93. The maximum absolute atomic E-state index is 13.5. The number of rotatable bonds is 3. The van der Waals surface area contributed by atoms with Gasteiger partial charge in [-0.05, 0) is 17.5 Å². The molecule has 3 heteroatoms. The molecule has 0 saturated carbocycles. The zero-order chi connectivity index (χ0) is 12.3. The first kappa shape index (κ1) is 13.3. The van der Waals surface area contributed by atoms with E-state index < -0.39 is 0 Å². The van der Waals surface area contributed by atoms with E-state index in [-0.39, 0.29) is 17.1 Å². The van der Waals surface area contributed by atoms with Crippen LogP contribution in [0.1, 0.15) is 26.3 Å². The lowest BCUT2D eigenvalue weighted by molar-refractivity contribution is 0.418. The molecule has 0 bridgehead atoms. The Labute approximate surface area is 102 Å². The van der Waals surface area contributed by atoms with Gasteiger partial charge in [-0.2, -0.15) is 0 Å². The molecule has 1 nitrogen and oxygen atoms in total. The molecule has 0 radical (unpaired) electrons. The number of hydrogen-bond donors (Lipinski definition) is 0. The highest BCUT2D eigenvalue weighted by molar-refractivity contribution is 6.17. The van der Waals surface area contributed by atoms with Crippen molar-refractivity contribution in [3.05, 3.63) is 29.6 Å². The summed E-state index contributed by atoms with van der Waals surface area (Å²) in [5.41, 5.74) is 1.63. The molecule has 0 atom stereocenters. The normalized spacial score (nSPS) is 11.6. The zero-order valence-electron chi connectivity index (χ0n) is 10.3. The van der Waals surface area contributed by atoms with Crippen molar-refractivity contribution in [3.8, 4) is 0 Å². The molecular weight excluding hydrogens is 225 g/mol. The molecule has 0 unspecified atom stereocenters. The number of anilines is 1. The first-order chi connectivity index (χ1) is 7.35. The van der Waals surface area contributed by atoms with Gasteiger partial charge in [0.25, 0.3) is 0 Å². The van der Waals surface area contributed by atoms with E-state index in [4.69, 9.17) is 11.6 Å². The van der Waals surface area contributed by atoms with Gasteiger partial charge in [0.2, 0.25) is 0 Å². The van der Waals surface area contributed by atoms with E-state index in [0.717, 1.165) is 12.2 Å². The van der Waals surface area contributed by atoms with Gasteiger partial charge >= 0.3 is 0 Å². The summed E-state index contributed by atoms with van der Waals surface area (Å²) in [6.45, 7) is 7.33. The van der Waals surface area contributed by atoms with Crippen molar-refractivity contribution in [2.75, 3.05) is 18.5 Å². The minimum Gasteiger partial charge on any atom is -0.374 e. The van der Waals surface area contributed by atoms with Crippen LogP contribution in [-0.2, 0) is 5.88 Å². The monoisotopic (exact) mass is 243 g/mol. The molecule has 0 aliphatic carbocycles. The third-order valence-electron chi connectivity index (χ3n) is 2.35. The second kappa shape index (κ2) is 5.05. The molecule has 0 saturated heterocycles. The Hall–Kier alpha value is -0.760. The summed E-state index contributed by atoms with van der Waals surface area (Å²) < 4.78 is 13.5. The molecule has 90 valence electrons. The third-order valence-corrected chi connectivity index (χ3v) is 2.62. The molecule has 0 aromatic heterocycles. The van der Waals surface area contributed by atoms with Crippen molar-refractivity contribution in [1.82, 2.24) is 0 Å². The minimum absolute atomic E-state index is 0.171. The second-order valence-corrected chi connectivity index (χ2v) is 5.56. The van der Waals surface area contributed by atoms with Crippen molar-refractivity contribution in [3.63, 3.8) is 0 Å². The molecule has 0 aliphatic heterocycles. The van der Waals surface area contributed by atoms with Crippen LogP contribution < -0.4 is 4.90 Å². The number of nitrogens with zero attached hydrogens (tertiary/aromatic N) is 1. The van der Waals surface area contributed by atoms with E-state index in [9.17, 15) is 4.39 Å². The fraction of sp³-hybridized carbons (Fsp3) is 0.538. The number of benzene rings is 1. The van der Waals surface area contributed by atoms with Crippen molar-refractivity contribution in [1.29, 1.82) is 0 Å². The summed E-state index contributed by atoms with van der Waals surface area (Å²) in [6.07, 6.45) is 0. The van der Waals surface area contributed by atoms with Gasteiger partial charge in [-0.25, -0.2) is 4.39 Å². The zero-order valence-corrected chi connectivity index (χ0v) is 11.1. The summed E-state index contributed by atoms with van der Waals surface area (Å²) in [6, 6.07) is 5.08.